The maximum absolute atomic E-state index is 10.3. The number of carbonyl (C=O) groups excluding carboxylic acids is 1. The smallest absolute Gasteiger partial charge is 0.351 e. The molecule has 46 valence electrons. The minimum atomic E-state index is -0.885. The average Bonchev–Trinajstić information content (AvgIpc) is 1.77. The molecule has 0 saturated carbocycles. The number of cyclic esters (lactones) is 1. The minimum Gasteiger partial charge on any atom is -0.460 e. The summed E-state index contributed by atoms with van der Waals surface area (Å²) >= 11 is 5.27. The van der Waals surface area contributed by atoms with Crippen molar-refractivity contribution in [3.63, 3.8) is 0 Å². The Balaban J connectivity index is 2.39. The summed E-state index contributed by atoms with van der Waals surface area (Å²) in [5, 5.41) is 0. The number of alkyl halides is 1. The van der Waals surface area contributed by atoms with Crippen LogP contribution in [0.1, 0.15) is 0 Å². The van der Waals surface area contributed by atoms with E-state index >= 15 is 0 Å². The lowest BCUT2D eigenvalue weighted by molar-refractivity contribution is -0.163. The highest BCUT2D eigenvalue weighted by Crippen LogP contribution is 2.05. The average molecular weight is 137 g/mol. The lowest BCUT2D eigenvalue weighted by Gasteiger charge is -2.15. The molecule has 1 rings (SSSR count). The molecule has 1 aliphatic rings. The van der Waals surface area contributed by atoms with Gasteiger partial charge in [0.1, 0.15) is 6.61 Å². The van der Waals surface area contributed by atoms with Crippen LogP contribution in [0.4, 0.5) is 0 Å². The second-order valence-electron chi connectivity index (χ2n) is 1.35. The number of halogens is 1. The van der Waals surface area contributed by atoms with Gasteiger partial charge in [-0.3, -0.25) is 0 Å². The van der Waals surface area contributed by atoms with E-state index in [4.69, 9.17) is 11.6 Å². The van der Waals surface area contributed by atoms with E-state index in [-0.39, 0.29) is 0 Å². The molecule has 0 amide bonds. The first-order chi connectivity index (χ1) is 3.80. The second kappa shape index (κ2) is 2.33. The molecule has 0 radical (unpaired) electrons. The van der Waals surface area contributed by atoms with Crippen molar-refractivity contribution in [2.75, 3.05) is 13.2 Å². The van der Waals surface area contributed by atoms with Crippen molar-refractivity contribution in [1.29, 1.82) is 0 Å². The van der Waals surface area contributed by atoms with Crippen LogP contribution in [0.3, 0.4) is 0 Å². The van der Waals surface area contributed by atoms with Crippen LogP contribution < -0.4 is 0 Å². The van der Waals surface area contributed by atoms with E-state index in [0.717, 1.165) is 0 Å². The Morgan fingerprint density at radius 3 is 2.75 bits per heavy atom. The summed E-state index contributed by atoms with van der Waals surface area (Å²) in [4.78, 5) is 10.3. The quantitative estimate of drug-likeness (QED) is 0.351. The number of ether oxygens (including phenoxy) is 2. The van der Waals surface area contributed by atoms with Gasteiger partial charge in [0, 0.05) is 0 Å². The largest absolute Gasteiger partial charge is 0.460 e. The Morgan fingerprint density at radius 2 is 2.38 bits per heavy atom. The molecule has 3 nitrogen and oxygen atoms in total. The van der Waals surface area contributed by atoms with E-state index < -0.39 is 11.5 Å². The molecule has 1 unspecified atom stereocenters. The molecule has 0 N–H and O–H groups in total. The highest BCUT2D eigenvalue weighted by molar-refractivity contribution is 6.28. The molecular weight excluding hydrogens is 131 g/mol. The first kappa shape index (κ1) is 5.85. The summed E-state index contributed by atoms with van der Waals surface area (Å²) in [5.74, 6) is -0.488. The van der Waals surface area contributed by atoms with Crippen LogP contribution >= 0.6 is 11.6 Å². The van der Waals surface area contributed by atoms with Crippen molar-refractivity contribution in [2.24, 2.45) is 0 Å². The second-order valence-corrected chi connectivity index (χ2v) is 1.75. The molecule has 0 aromatic rings. The molecule has 0 aliphatic carbocycles. The first-order valence-corrected chi connectivity index (χ1v) is 2.66. The fourth-order valence-electron chi connectivity index (χ4n) is 0.427. The Kier molecular flexibility index (Phi) is 1.70. The molecule has 1 fully saturated rings. The third-order valence-electron chi connectivity index (χ3n) is 0.777. The molecule has 1 aliphatic heterocycles. The first-order valence-electron chi connectivity index (χ1n) is 2.23. The van der Waals surface area contributed by atoms with Crippen molar-refractivity contribution in [3.8, 4) is 0 Å². The van der Waals surface area contributed by atoms with Gasteiger partial charge < -0.3 is 9.47 Å². The van der Waals surface area contributed by atoms with Crippen LogP contribution in [0.15, 0.2) is 0 Å². The van der Waals surface area contributed by atoms with E-state index in [2.05, 4.69) is 9.47 Å². The minimum absolute atomic E-state index is 0.321. The number of hydrogen-bond donors (Lipinski definition) is 0. The zero-order chi connectivity index (χ0) is 5.98. The molecule has 0 aromatic heterocycles. The summed E-state index contributed by atoms with van der Waals surface area (Å²) in [5.41, 5.74) is -0.885. The van der Waals surface area contributed by atoms with E-state index in [9.17, 15) is 4.79 Å². The fourth-order valence-corrected chi connectivity index (χ4v) is 0.579. The fraction of sp³-hybridized carbons (Fsp3) is 0.750. The number of rotatable bonds is 0. The van der Waals surface area contributed by atoms with Gasteiger partial charge in [0.15, 0.2) is 0 Å². The van der Waals surface area contributed by atoms with Gasteiger partial charge in [-0.15, -0.1) is 0 Å². The van der Waals surface area contributed by atoms with Crippen LogP contribution in [0.25, 0.3) is 0 Å². The van der Waals surface area contributed by atoms with Crippen molar-refractivity contribution in [2.45, 2.75) is 5.56 Å². The van der Waals surface area contributed by atoms with Gasteiger partial charge in [-0.05, 0) is 0 Å². The van der Waals surface area contributed by atoms with Gasteiger partial charge in [0.05, 0.1) is 6.61 Å². The third kappa shape index (κ3) is 1.11. The normalized spacial score (nSPS) is 29.6. The molecule has 1 saturated heterocycles. The molecular formula is C4H5ClO3. The van der Waals surface area contributed by atoms with Gasteiger partial charge in [-0.2, -0.15) is 0 Å². The summed E-state index contributed by atoms with van der Waals surface area (Å²) in [6, 6.07) is 0. The monoisotopic (exact) mass is 136 g/mol. The van der Waals surface area contributed by atoms with Crippen molar-refractivity contribution in [1.82, 2.24) is 0 Å². The molecule has 1 atom stereocenters. The van der Waals surface area contributed by atoms with Crippen LogP contribution in [0.2, 0.25) is 0 Å². The van der Waals surface area contributed by atoms with Crippen molar-refractivity contribution >= 4 is 17.6 Å². The molecule has 0 aromatic carbocycles. The Bertz CT molecular complexity index is 103. The van der Waals surface area contributed by atoms with Crippen LogP contribution in [-0.4, -0.2) is 24.7 Å². The maximum Gasteiger partial charge on any atom is 0.351 e. The standard InChI is InChI=1S/C4H5ClO3/c5-3-4(6)8-2-1-7-3/h3H,1-2H2. The van der Waals surface area contributed by atoms with E-state index in [1.807, 2.05) is 0 Å². The maximum atomic E-state index is 10.3. The topological polar surface area (TPSA) is 35.5 Å². The highest BCUT2D eigenvalue weighted by Gasteiger charge is 2.21. The Hall–Kier alpha value is -0.280. The molecule has 4 heteroatoms. The van der Waals surface area contributed by atoms with E-state index in [1.54, 1.807) is 0 Å². The summed E-state index contributed by atoms with van der Waals surface area (Å²) < 4.78 is 9.18. The summed E-state index contributed by atoms with van der Waals surface area (Å²) in [7, 11) is 0. The van der Waals surface area contributed by atoms with Crippen molar-refractivity contribution in [3.05, 3.63) is 0 Å². The zero-order valence-electron chi connectivity index (χ0n) is 4.09. The van der Waals surface area contributed by atoms with Gasteiger partial charge in [-0.1, -0.05) is 11.6 Å². The van der Waals surface area contributed by atoms with Crippen LogP contribution in [-0.2, 0) is 14.3 Å². The van der Waals surface area contributed by atoms with Gasteiger partial charge in [0.2, 0.25) is 5.56 Å². The number of esters is 1. The predicted octanol–water partition coefficient (Wildman–Crippen LogP) is 0.125. The van der Waals surface area contributed by atoms with Crippen LogP contribution in [0.5, 0.6) is 0 Å². The summed E-state index contributed by atoms with van der Waals surface area (Å²) in [6.45, 7) is 0.724. The zero-order valence-corrected chi connectivity index (χ0v) is 4.85. The highest BCUT2D eigenvalue weighted by atomic mass is 35.5. The Morgan fingerprint density at radius 1 is 1.62 bits per heavy atom. The molecule has 8 heavy (non-hydrogen) atoms. The lowest BCUT2D eigenvalue weighted by atomic mass is 10.6. The van der Waals surface area contributed by atoms with Gasteiger partial charge >= 0.3 is 5.97 Å². The van der Waals surface area contributed by atoms with E-state index in [1.165, 1.54) is 0 Å². The van der Waals surface area contributed by atoms with Gasteiger partial charge in [0.25, 0.3) is 0 Å². The van der Waals surface area contributed by atoms with Crippen LogP contribution in [0, 0.1) is 0 Å². The third-order valence-corrected chi connectivity index (χ3v) is 1.08. The predicted molar refractivity (Wildman–Crippen MR) is 26.6 cm³/mol. The summed E-state index contributed by atoms with van der Waals surface area (Å²) in [6.07, 6.45) is 0. The Labute approximate surface area is 51.5 Å². The van der Waals surface area contributed by atoms with Gasteiger partial charge in [-0.25, -0.2) is 4.79 Å². The lowest BCUT2D eigenvalue weighted by Crippen LogP contribution is -2.29. The SMILES string of the molecule is O=C1OCCOC1Cl. The number of carbonyl (C=O) groups is 1. The molecule has 0 spiro atoms. The van der Waals surface area contributed by atoms with Crippen molar-refractivity contribution < 1.29 is 14.3 Å². The molecule has 1 heterocycles. The van der Waals surface area contributed by atoms with E-state index in [0.29, 0.717) is 13.2 Å². The molecule has 0 bridgehead atoms. The number of hydrogen-bond acceptors (Lipinski definition) is 3.